The Labute approximate surface area is 141 Å². The topological polar surface area (TPSA) is 70.1 Å². The van der Waals surface area contributed by atoms with Crippen LogP contribution in [0, 0.1) is 13.8 Å². The Balaban J connectivity index is 1.83. The third kappa shape index (κ3) is 4.87. The number of carbonyl (C=O) groups is 1. The summed E-state index contributed by atoms with van der Waals surface area (Å²) in [4.78, 5) is 24.8. The minimum Gasteiger partial charge on any atom is -0.360 e. The number of hydrogen-bond acceptors (Lipinski definition) is 6. The van der Waals surface area contributed by atoms with Crippen molar-refractivity contribution in [2.45, 2.75) is 26.7 Å². The number of fused-ring (bicyclic) bond motifs is 1. The highest BCUT2D eigenvalue weighted by Gasteiger charge is 2.12. The number of aromatic nitrogens is 2. The van der Waals surface area contributed by atoms with E-state index in [9.17, 15) is 4.79 Å². The fourth-order valence-corrected chi connectivity index (χ4v) is 3.32. The summed E-state index contributed by atoms with van der Waals surface area (Å²) >= 11 is 1.65. The van der Waals surface area contributed by atoms with Gasteiger partial charge in [0.25, 0.3) is 0 Å². The predicted molar refractivity (Wildman–Crippen MR) is 96.2 cm³/mol. The van der Waals surface area contributed by atoms with Gasteiger partial charge in [0.1, 0.15) is 17.0 Å². The van der Waals surface area contributed by atoms with E-state index in [2.05, 4.69) is 53.4 Å². The van der Waals surface area contributed by atoms with Crippen LogP contribution in [-0.4, -0.2) is 54.5 Å². The summed E-state index contributed by atoms with van der Waals surface area (Å²) in [6.07, 6.45) is 3.62. The number of thiophene rings is 1. The van der Waals surface area contributed by atoms with Gasteiger partial charge in [0, 0.05) is 11.4 Å². The van der Waals surface area contributed by atoms with Crippen LogP contribution in [0.25, 0.3) is 10.2 Å². The zero-order chi connectivity index (χ0) is 16.8. The fraction of sp³-hybridized carbons (Fsp3) is 0.562. The predicted octanol–water partition coefficient (Wildman–Crippen LogP) is 2.18. The Morgan fingerprint density at radius 1 is 1.26 bits per heavy atom. The van der Waals surface area contributed by atoms with Crippen molar-refractivity contribution in [2.75, 3.05) is 39.0 Å². The van der Waals surface area contributed by atoms with Gasteiger partial charge in [-0.05, 0) is 52.9 Å². The quantitative estimate of drug-likeness (QED) is 0.724. The Morgan fingerprint density at radius 3 is 2.78 bits per heavy atom. The molecule has 0 unspecified atom stereocenters. The minimum absolute atomic E-state index is 0.00813. The number of unbranched alkanes of at least 4 members (excludes halogenated alkanes) is 1. The highest BCUT2D eigenvalue weighted by molar-refractivity contribution is 7.18. The van der Waals surface area contributed by atoms with Crippen molar-refractivity contribution >= 4 is 33.3 Å². The maximum absolute atomic E-state index is 11.9. The molecule has 7 heteroatoms. The average molecular weight is 335 g/mol. The van der Waals surface area contributed by atoms with Gasteiger partial charge in [0.15, 0.2) is 0 Å². The Morgan fingerprint density at radius 2 is 2.04 bits per heavy atom. The molecule has 0 radical (unpaired) electrons. The third-order valence-corrected chi connectivity index (χ3v) is 4.85. The zero-order valence-electron chi connectivity index (χ0n) is 14.3. The molecule has 0 saturated heterocycles. The van der Waals surface area contributed by atoms with Gasteiger partial charge in [-0.15, -0.1) is 11.3 Å². The highest BCUT2D eigenvalue weighted by atomic mass is 32.1. The second-order valence-electron chi connectivity index (χ2n) is 5.90. The van der Waals surface area contributed by atoms with E-state index >= 15 is 0 Å². The second-order valence-corrected chi connectivity index (χ2v) is 7.10. The van der Waals surface area contributed by atoms with Gasteiger partial charge in [-0.25, -0.2) is 9.97 Å². The molecule has 2 aromatic rings. The van der Waals surface area contributed by atoms with Gasteiger partial charge in [-0.2, -0.15) is 0 Å². The molecule has 0 fully saturated rings. The van der Waals surface area contributed by atoms with E-state index in [-0.39, 0.29) is 12.5 Å². The van der Waals surface area contributed by atoms with Crippen molar-refractivity contribution in [1.82, 2.24) is 20.2 Å². The lowest BCUT2D eigenvalue weighted by Gasteiger charge is -2.10. The van der Waals surface area contributed by atoms with Crippen LogP contribution in [0.3, 0.4) is 0 Å². The van der Waals surface area contributed by atoms with Crippen LogP contribution in [0.4, 0.5) is 5.82 Å². The molecular weight excluding hydrogens is 310 g/mol. The van der Waals surface area contributed by atoms with Gasteiger partial charge in [0.2, 0.25) is 5.91 Å². The largest absolute Gasteiger partial charge is 0.360 e. The smallest absolute Gasteiger partial charge is 0.239 e. The molecule has 0 saturated carbocycles. The lowest BCUT2D eigenvalue weighted by Crippen LogP contribution is -2.31. The van der Waals surface area contributed by atoms with Crippen LogP contribution in [-0.2, 0) is 4.79 Å². The maximum Gasteiger partial charge on any atom is 0.239 e. The molecular formula is C16H25N5OS. The van der Waals surface area contributed by atoms with E-state index in [0.29, 0.717) is 6.54 Å². The van der Waals surface area contributed by atoms with Crippen molar-refractivity contribution in [3.8, 4) is 0 Å². The summed E-state index contributed by atoms with van der Waals surface area (Å²) in [6, 6.07) is 0. The van der Waals surface area contributed by atoms with Crippen LogP contribution in [0.1, 0.15) is 23.3 Å². The Bertz CT molecular complexity index is 668. The number of nitrogens with one attached hydrogen (secondary N) is 2. The standard InChI is InChI=1S/C16H25N5OS/c1-11-12(2)23-16-14(11)15(19-10-20-16)18-9-13(22)17-7-5-6-8-21(3)4/h10H,5-9H2,1-4H3,(H,17,22)(H,18,19,20). The Kier molecular flexibility index (Phi) is 6.29. The van der Waals surface area contributed by atoms with Crippen molar-refractivity contribution in [3.05, 3.63) is 16.8 Å². The molecule has 6 nitrogen and oxygen atoms in total. The SMILES string of the molecule is Cc1sc2ncnc(NCC(=O)NCCCCN(C)C)c2c1C. The lowest BCUT2D eigenvalue weighted by atomic mass is 10.2. The Hall–Kier alpha value is -1.73. The molecule has 0 aliphatic rings. The molecule has 1 amide bonds. The number of hydrogen-bond donors (Lipinski definition) is 2. The molecule has 0 aromatic carbocycles. The zero-order valence-corrected chi connectivity index (χ0v) is 15.1. The van der Waals surface area contributed by atoms with Crippen LogP contribution in [0.2, 0.25) is 0 Å². The molecule has 126 valence electrons. The molecule has 0 spiro atoms. The first-order valence-corrected chi connectivity index (χ1v) is 8.66. The van der Waals surface area contributed by atoms with Crippen molar-refractivity contribution in [3.63, 3.8) is 0 Å². The molecule has 0 aliphatic heterocycles. The normalized spacial score (nSPS) is 11.2. The van der Waals surface area contributed by atoms with E-state index in [1.165, 1.54) is 10.4 Å². The van der Waals surface area contributed by atoms with Crippen LogP contribution >= 0.6 is 11.3 Å². The number of carbonyl (C=O) groups excluding carboxylic acids is 1. The van der Waals surface area contributed by atoms with Gasteiger partial charge in [0.05, 0.1) is 11.9 Å². The summed E-state index contributed by atoms with van der Waals surface area (Å²) < 4.78 is 0. The van der Waals surface area contributed by atoms with Crippen molar-refractivity contribution < 1.29 is 4.79 Å². The monoisotopic (exact) mass is 335 g/mol. The maximum atomic E-state index is 11.9. The minimum atomic E-state index is -0.00813. The summed E-state index contributed by atoms with van der Waals surface area (Å²) in [7, 11) is 4.11. The van der Waals surface area contributed by atoms with E-state index in [4.69, 9.17) is 0 Å². The summed E-state index contributed by atoms with van der Waals surface area (Å²) in [5.74, 6) is 0.728. The third-order valence-electron chi connectivity index (χ3n) is 3.74. The summed E-state index contributed by atoms with van der Waals surface area (Å²) in [6.45, 7) is 6.13. The van der Waals surface area contributed by atoms with E-state index in [1.54, 1.807) is 17.7 Å². The fourth-order valence-electron chi connectivity index (χ4n) is 2.32. The first-order valence-electron chi connectivity index (χ1n) is 7.85. The van der Waals surface area contributed by atoms with Gasteiger partial charge in [-0.3, -0.25) is 4.79 Å². The number of rotatable bonds is 8. The van der Waals surface area contributed by atoms with Crippen molar-refractivity contribution in [1.29, 1.82) is 0 Å². The van der Waals surface area contributed by atoms with E-state index in [1.807, 2.05) is 0 Å². The van der Waals surface area contributed by atoms with Gasteiger partial charge < -0.3 is 15.5 Å². The number of anilines is 1. The first-order chi connectivity index (χ1) is 11.0. The molecule has 23 heavy (non-hydrogen) atoms. The van der Waals surface area contributed by atoms with Crippen LogP contribution in [0.15, 0.2) is 6.33 Å². The van der Waals surface area contributed by atoms with Crippen molar-refractivity contribution in [2.24, 2.45) is 0 Å². The lowest BCUT2D eigenvalue weighted by molar-refractivity contribution is -0.119. The molecule has 0 atom stereocenters. The first kappa shape index (κ1) is 17.6. The highest BCUT2D eigenvalue weighted by Crippen LogP contribution is 2.32. The molecule has 0 bridgehead atoms. The molecule has 2 aromatic heterocycles. The number of amides is 1. The number of nitrogens with zero attached hydrogens (tertiary/aromatic N) is 3. The second kappa shape index (κ2) is 8.21. The van der Waals surface area contributed by atoms with Crippen LogP contribution in [0.5, 0.6) is 0 Å². The molecule has 0 aliphatic carbocycles. The molecule has 2 rings (SSSR count). The van der Waals surface area contributed by atoms with E-state index in [0.717, 1.165) is 35.4 Å². The van der Waals surface area contributed by atoms with Crippen LogP contribution < -0.4 is 10.6 Å². The molecule has 2 N–H and O–H groups in total. The van der Waals surface area contributed by atoms with Gasteiger partial charge >= 0.3 is 0 Å². The van der Waals surface area contributed by atoms with Gasteiger partial charge in [-0.1, -0.05) is 0 Å². The van der Waals surface area contributed by atoms with E-state index < -0.39 is 0 Å². The summed E-state index contributed by atoms with van der Waals surface area (Å²) in [5.41, 5.74) is 1.18. The average Bonchev–Trinajstić information content (AvgIpc) is 2.80. The summed E-state index contributed by atoms with van der Waals surface area (Å²) in [5, 5.41) is 7.09. The molecule has 2 heterocycles. The number of aryl methyl sites for hydroxylation is 2.